The summed E-state index contributed by atoms with van der Waals surface area (Å²) in [5.74, 6) is -0.765. The van der Waals surface area contributed by atoms with Crippen LogP contribution >= 0.6 is 0 Å². The van der Waals surface area contributed by atoms with Gasteiger partial charge in [0.2, 0.25) is 0 Å². The zero-order valence-electron chi connectivity index (χ0n) is 11.1. The van der Waals surface area contributed by atoms with E-state index in [0.717, 1.165) is 11.3 Å². The number of carbonyl (C=O) groups is 1. The molecule has 0 saturated heterocycles. The first kappa shape index (κ1) is 12.0. The van der Waals surface area contributed by atoms with Crippen molar-refractivity contribution in [3.63, 3.8) is 0 Å². The number of carboxylic acids is 1. The molecular formula is C15H16N2O2. The van der Waals surface area contributed by atoms with Crippen LogP contribution in [0.25, 0.3) is 5.69 Å². The maximum absolute atomic E-state index is 11.3. The molecule has 98 valence electrons. The number of aromatic nitrogens is 2. The summed E-state index contributed by atoms with van der Waals surface area (Å²) in [5.41, 5.74) is 3.27. The second kappa shape index (κ2) is 3.95. The van der Waals surface area contributed by atoms with Crippen LogP contribution in [0.4, 0.5) is 0 Å². The summed E-state index contributed by atoms with van der Waals surface area (Å²) < 4.78 is 1.77. The fraction of sp³-hybridized carbons (Fsp3) is 0.333. The highest BCUT2D eigenvalue weighted by atomic mass is 16.4. The molecule has 4 heteroatoms. The lowest BCUT2D eigenvalue weighted by atomic mass is 10.0. The Kier molecular flexibility index (Phi) is 2.49. The number of carboxylic acid groups (broad SMARTS) is 1. The van der Waals surface area contributed by atoms with Crippen LogP contribution < -0.4 is 0 Å². The van der Waals surface area contributed by atoms with Crippen molar-refractivity contribution in [2.24, 2.45) is 0 Å². The third-order valence-electron chi connectivity index (χ3n) is 3.84. The maximum Gasteiger partial charge on any atom is 0.315 e. The van der Waals surface area contributed by atoms with Gasteiger partial charge in [0.15, 0.2) is 0 Å². The number of benzene rings is 1. The number of rotatable bonds is 3. The van der Waals surface area contributed by atoms with Gasteiger partial charge in [0, 0.05) is 6.20 Å². The molecule has 0 spiro atoms. The zero-order valence-corrected chi connectivity index (χ0v) is 11.1. The van der Waals surface area contributed by atoms with Crippen LogP contribution in [0, 0.1) is 13.8 Å². The molecule has 1 fully saturated rings. The number of aryl methyl sites for hydroxylation is 2. The van der Waals surface area contributed by atoms with E-state index in [0.29, 0.717) is 18.5 Å². The monoisotopic (exact) mass is 256 g/mol. The normalized spacial score (nSPS) is 16.3. The summed E-state index contributed by atoms with van der Waals surface area (Å²) in [6, 6.07) is 7.97. The van der Waals surface area contributed by atoms with Gasteiger partial charge < -0.3 is 5.11 Å². The number of aliphatic carboxylic acids is 1. The molecule has 1 N–H and O–H groups in total. The highest BCUT2D eigenvalue weighted by Gasteiger charge is 2.53. The molecule has 0 atom stereocenters. The fourth-order valence-corrected chi connectivity index (χ4v) is 2.48. The Labute approximate surface area is 111 Å². The predicted molar refractivity (Wildman–Crippen MR) is 71.6 cm³/mol. The van der Waals surface area contributed by atoms with E-state index in [9.17, 15) is 9.90 Å². The van der Waals surface area contributed by atoms with Gasteiger partial charge in [0.25, 0.3) is 0 Å². The number of nitrogens with zero attached hydrogens (tertiary/aromatic N) is 2. The summed E-state index contributed by atoms with van der Waals surface area (Å²) in [4.78, 5) is 11.3. The Morgan fingerprint density at radius 2 is 2.05 bits per heavy atom. The van der Waals surface area contributed by atoms with Crippen molar-refractivity contribution in [2.75, 3.05) is 0 Å². The summed E-state index contributed by atoms with van der Waals surface area (Å²) in [7, 11) is 0. The van der Waals surface area contributed by atoms with E-state index >= 15 is 0 Å². The molecular weight excluding hydrogens is 240 g/mol. The first-order valence-corrected chi connectivity index (χ1v) is 6.40. The third kappa shape index (κ3) is 1.84. The molecule has 1 heterocycles. The van der Waals surface area contributed by atoms with E-state index in [2.05, 4.69) is 18.1 Å². The molecule has 0 amide bonds. The maximum atomic E-state index is 11.3. The van der Waals surface area contributed by atoms with Gasteiger partial charge in [0.1, 0.15) is 5.41 Å². The molecule has 0 aliphatic heterocycles. The van der Waals surface area contributed by atoms with Gasteiger partial charge in [0.05, 0.1) is 11.4 Å². The highest BCUT2D eigenvalue weighted by Crippen LogP contribution is 2.47. The molecule has 19 heavy (non-hydrogen) atoms. The lowest BCUT2D eigenvalue weighted by Crippen LogP contribution is -2.20. The SMILES string of the molecule is Cc1ccc(-n2ccc(C3(C(=O)O)CC3)n2)c(C)c1. The van der Waals surface area contributed by atoms with E-state index in [1.165, 1.54) is 5.56 Å². The van der Waals surface area contributed by atoms with Crippen LogP contribution in [0.1, 0.15) is 29.7 Å². The lowest BCUT2D eigenvalue weighted by molar-refractivity contribution is -0.140. The largest absolute Gasteiger partial charge is 0.481 e. The van der Waals surface area contributed by atoms with Crippen molar-refractivity contribution in [2.45, 2.75) is 32.1 Å². The smallest absolute Gasteiger partial charge is 0.315 e. The molecule has 0 bridgehead atoms. The van der Waals surface area contributed by atoms with Crippen LogP contribution in [-0.4, -0.2) is 20.9 Å². The average Bonchev–Trinajstić information content (AvgIpc) is 3.03. The van der Waals surface area contributed by atoms with E-state index < -0.39 is 11.4 Å². The van der Waals surface area contributed by atoms with Gasteiger partial charge in [-0.05, 0) is 44.4 Å². The predicted octanol–water partition coefficient (Wildman–Crippen LogP) is 2.61. The highest BCUT2D eigenvalue weighted by molar-refractivity contribution is 5.84. The molecule has 1 aliphatic carbocycles. The fourth-order valence-electron chi connectivity index (χ4n) is 2.48. The molecule has 0 radical (unpaired) electrons. The Morgan fingerprint density at radius 3 is 2.63 bits per heavy atom. The molecule has 3 rings (SSSR count). The Morgan fingerprint density at radius 1 is 1.32 bits per heavy atom. The Balaban J connectivity index is 2.00. The standard InChI is InChI=1S/C15H16N2O2/c1-10-3-4-12(11(2)9-10)17-8-5-13(16-17)15(6-7-15)14(18)19/h3-5,8-9H,6-7H2,1-2H3,(H,18,19). The number of hydrogen-bond donors (Lipinski definition) is 1. The minimum absolute atomic E-state index is 0.667. The van der Waals surface area contributed by atoms with Crippen LogP contribution in [0.15, 0.2) is 30.5 Å². The van der Waals surface area contributed by atoms with Crippen molar-refractivity contribution in [1.29, 1.82) is 0 Å². The van der Waals surface area contributed by atoms with Crippen LogP contribution in [0.5, 0.6) is 0 Å². The van der Waals surface area contributed by atoms with Crippen LogP contribution in [0.3, 0.4) is 0 Å². The van der Waals surface area contributed by atoms with Crippen LogP contribution in [-0.2, 0) is 10.2 Å². The van der Waals surface area contributed by atoms with E-state index in [-0.39, 0.29) is 0 Å². The first-order valence-electron chi connectivity index (χ1n) is 6.40. The average molecular weight is 256 g/mol. The molecule has 0 unspecified atom stereocenters. The van der Waals surface area contributed by atoms with Crippen molar-refractivity contribution >= 4 is 5.97 Å². The second-order valence-electron chi connectivity index (χ2n) is 5.32. The van der Waals surface area contributed by atoms with E-state index in [1.807, 2.05) is 31.3 Å². The van der Waals surface area contributed by atoms with Crippen LogP contribution in [0.2, 0.25) is 0 Å². The molecule has 1 aliphatic rings. The van der Waals surface area contributed by atoms with Gasteiger partial charge >= 0.3 is 5.97 Å². The third-order valence-corrected chi connectivity index (χ3v) is 3.84. The quantitative estimate of drug-likeness (QED) is 0.918. The van der Waals surface area contributed by atoms with Gasteiger partial charge in [-0.3, -0.25) is 4.79 Å². The van der Waals surface area contributed by atoms with Gasteiger partial charge in [-0.2, -0.15) is 5.10 Å². The van der Waals surface area contributed by atoms with Crippen molar-refractivity contribution in [3.8, 4) is 5.69 Å². The topological polar surface area (TPSA) is 55.1 Å². The molecule has 1 aromatic heterocycles. The summed E-state index contributed by atoms with van der Waals surface area (Å²) in [6.45, 7) is 4.09. The summed E-state index contributed by atoms with van der Waals surface area (Å²) >= 11 is 0. The minimum atomic E-state index is -0.765. The second-order valence-corrected chi connectivity index (χ2v) is 5.32. The summed E-state index contributed by atoms with van der Waals surface area (Å²) in [5, 5.41) is 13.7. The lowest BCUT2D eigenvalue weighted by Gasteiger charge is -2.08. The Bertz CT molecular complexity index is 654. The summed E-state index contributed by atoms with van der Waals surface area (Å²) in [6.07, 6.45) is 3.22. The van der Waals surface area contributed by atoms with Gasteiger partial charge in [-0.1, -0.05) is 17.7 Å². The van der Waals surface area contributed by atoms with E-state index in [4.69, 9.17) is 0 Å². The van der Waals surface area contributed by atoms with Crippen molar-refractivity contribution < 1.29 is 9.90 Å². The minimum Gasteiger partial charge on any atom is -0.481 e. The molecule has 1 saturated carbocycles. The van der Waals surface area contributed by atoms with Crippen molar-refractivity contribution in [1.82, 2.24) is 9.78 Å². The zero-order chi connectivity index (χ0) is 13.6. The van der Waals surface area contributed by atoms with Crippen molar-refractivity contribution in [3.05, 3.63) is 47.3 Å². The van der Waals surface area contributed by atoms with Gasteiger partial charge in [-0.25, -0.2) is 4.68 Å². The first-order chi connectivity index (χ1) is 9.03. The molecule has 1 aromatic carbocycles. The molecule has 2 aromatic rings. The Hall–Kier alpha value is -2.10. The van der Waals surface area contributed by atoms with E-state index in [1.54, 1.807) is 4.68 Å². The molecule has 4 nitrogen and oxygen atoms in total. The number of hydrogen-bond acceptors (Lipinski definition) is 2. The van der Waals surface area contributed by atoms with Gasteiger partial charge in [-0.15, -0.1) is 0 Å².